The summed E-state index contributed by atoms with van der Waals surface area (Å²) >= 11 is 0. The smallest absolute Gasteiger partial charge is 0.408 e. The lowest BCUT2D eigenvalue weighted by atomic mass is 10.1. The molecule has 0 unspecified atom stereocenters. The number of carbonyl (C=O) groups is 1. The van der Waals surface area contributed by atoms with E-state index in [4.69, 9.17) is 8.94 Å². The van der Waals surface area contributed by atoms with Gasteiger partial charge in [-0.3, -0.25) is 9.78 Å². The van der Waals surface area contributed by atoms with Crippen molar-refractivity contribution in [3.63, 3.8) is 0 Å². The highest BCUT2D eigenvalue weighted by Gasteiger charge is 2.11. The molecule has 0 fully saturated rings. The molecule has 0 radical (unpaired) electrons. The molecule has 25 heavy (non-hydrogen) atoms. The lowest BCUT2D eigenvalue weighted by Gasteiger charge is -2.03. The molecule has 2 aromatic carbocycles. The monoisotopic (exact) mass is 335 g/mol. The van der Waals surface area contributed by atoms with E-state index in [0.29, 0.717) is 28.2 Å². The van der Waals surface area contributed by atoms with E-state index in [1.165, 1.54) is 0 Å². The normalized spacial score (nSPS) is 10.9. The topological polar surface area (TPSA) is 101 Å². The Hall–Kier alpha value is -3.61. The molecule has 2 heterocycles. The number of oxazole rings is 1. The lowest BCUT2D eigenvalue weighted by molar-refractivity contribution is -0.115. The number of carbonyl (C=O) groups excluding carboxylic acids is 1. The van der Waals surface area contributed by atoms with Crippen molar-refractivity contribution in [2.75, 3.05) is 5.32 Å². The third kappa shape index (κ3) is 3.20. The summed E-state index contributed by atoms with van der Waals surface area (Å²) in [5.41, 5.74) is 2.93. The molecule has 124 valence electrons. The standard InChI is InChI=1S/C18H13N3O4/c22-17(19-12-6-7-14-16(8-12)24-18(23)20-14)10-13-9-15(25-21-13)11-4-2-1-3-5-11/h1-9H,10H2,(H,19,22)(H,20,23). The van der Waals surface area contributed by atoms with Gasteiger partial charge >= 0.3 is 5.76 Å². The van der Waals surface area contributed by atoms with Crippen LogP contribution in [0.1, 0.15) is 5.69 Å². The summed E-state index contributed by atoms with van der Waals surface area (Å²) < 4.78 is 10.2. The zero-order valence-corrected chi connectivity index (χ0v) is 13.0. The van der Waals surface area contributed by atoms with E-state index in [2.05, 4.69) is 15.5 Å². The molecule has 4 aromatic rings. The van der Waals surface area contributed by atoms with E-state index in [1.807, 2.05) is 30.3 Å². The summed E-state index contributed by atoms with van der Waals surface area (Å²) in [5, 5.41) is 6.67. The number of benzene rings is 2. The average molecular weight is 335 g/mol. The van der Waals surface area contributed by atoms with Gasteiger partial charge in [-0.15, -0.1) is 0 Å². The SMILES string of the molecule is O=C(Cc1cc(-c2ccccc2)on1)Nc1ccc2[nH]c(=O)oc2c1. The maximum atomic E-state index is 12.2. The predicted molar refractivity (Wildman–Crippen MR) is 91.1 cm³/mol. The second-order valence-electron chi connectivity index (χ2n) is 5.50. The van der Waals surface area contributed by atoms with Crippen LogP contribution < -0.4 is 11.1 Å². The minimum absolute atomic E-state index is 0.0749. The molecule has 1 amide bonds. The van der Waals surface area contributed by atoms with Crippen molar-refractivity contribution in [2.45, 2.75) is 6.42 Å². The number of anilines is 1. The summed E-state index contributed by atoms with van der Waals surface area (Å²) in [6.45, 7) is 0. The van der Waals surface area contributed by atoms with Crippen LogP contribution in [0.25, 0.3) is 22.4 Å². The van der Waals surface area contributed by atoms with Gasteiger partial charge in [-0.1, -0.05) is 35.5 Å². The maximum Gasteiger partial charge on any atom is 0.417 e. The Labute approximate surface area is 141 Å². The number of hydrogen-bond acceptors (Lipinski definition) is 5. The van der Waals surface area contributed by atoms with Gasteiger partial charge in [0.25, 0.3) is 0 Å². The first kappa shape index (κ1) is 14.9. The highest BCUT2D eigenvalue weighted by Crippen LogP contribution is 2.20. The van der Waals surface area contributed by atoms with Gasteiger partial charge in [0, 0.05) is 23.4 Å². The Bertz CT molecular complexity index is 1090. The summed E-state index contributed by atoms with van der Waals surface area (Å²) in [6, 6.07) is 16.2. The van der Waals surface area contributed by atoms with Crippen molar-refractivity contribution in [1.29, 1.82) is 0 Å². The quantitative estimate of drug-likeness (QED) is 0.597. The number of aromatic amines is 1. The number of hydrogen-bond donors (Lipinski definition) is 2. The van der Waals surface area contributed by atoms with Crippen LogP contribution in [0.4, 0.5) is 5.69 Å². The number of nitrogens with zero attached hydrogens (tertiary/aromatic N) is 1. The molecule has 2 aromatic heterocycles. The fourth-order valence-corrected chi connectivity index (χ4v) is 2.53. The molecule has 0 aliphatic carbocycles. The summed E-state index contributed by atoms with van der Waals surface area (Å²) in [6.07, 6.45) is 0.0749. The number of fused-ring (bicyclic) bond motifs is 1. The molecular weight excluding hydrogens is 322 g/mol. The second-order valence-corrected chi connectivity index (χ2v) is 5.50. The lowest BCUT2D eigenvalue weighted by Crippen LogP contribution is -2.14. The first-order chi connectivity index (χ1) is 12.2. The molecule has 0 atom stereocenters. The summed E-state index contributed by atoms with van der Waals surface area (Å²) in [7, 11) is 0. The molecule has 4 rings (SSSR count). The number of rotatable bonds is 4. The molecule has 0 saturated carbocycles. The highest BCUT2D eigenvalue weighted by molar-refractivity contribution is 5.93. The Morgan fingerprint density at radius 1 is 1.12 bits per heavy atom. The highest BCUT2D eigenvalue weighted by atomic mass is 16.5. The summed E-state index contributed by atoms with van der Waals surface area (Å²) in [4.78, 5) is 25.9. The van der Waals surface area contributed by atoms with Gasteiger partial charge in [0.1, 0.15) is 0 Å². The van der Waals surface area contributed by atoms with Crippen LogP contribution in [0.5, 0.6) is 0 Å². The Morgan fingerprint density at radius 2 is 1.96 bits per heavy atom. The van der Waals surface area contributed by atoms with E-state index >= 15 is 0 Å². The van der Waals surface area contributed by atoms with Crippen LogP contribution in [0.3, 0.4) is 0 Å². The van der Waals surface area contributed by atoms with Gasteiger partial charge in [-0.25, -0.2) is 4.79 Å². The van der Waals surface area contributed by atoms with Gasteiger partial charge in [0.05, 0.1) is 17.6 Å². The number of amides is 1. The van der Waals surface area contributed by atoms with Crippen molar-refractivity contribution in [3.05, 3.63) is 70.8 Å². The zero-order chi connectivity index (χ0) is 17.2. The van der Waals surface area contributed by atoms with Gasteiger partial charge in [0.2, 0.25) is 5.91 Å². The predicted octanol–water partition coefficient (Wildman–Crippen LogP) is 2.96. The molecular formula is C18H13N3O4. The first-order valence-corrected chi connectivity index (χ1v) is 7.61. The van der Waals surface area contributed by atoms with E-state index in [0.717, 1.165) is 5.56 Å². The van der Waals surface area contributed by atoms with Crippen LogP contribution in [-0.4, -0.2) is 16.0 Å². The molecule has 7 heteroatoms. The third-order valence-electron chi connectivity index (χ3n) is 3.66. The second kappa shape index (κ2) is 6.12. The minimum Gasteiger partial charge on any atom is -0.408 e. The fraction of sp³-hybridized carbons (Fsp3) is 0.0556. The van der Waals surface area contributed by atoms with Crippen LogP contribution >= 0.6 is 0 Å². The van der Waals surface area contributed by atoms with Crippen molar-refractivity contribution in [3.8, 4) is 11.3 Å². The number of H-pyrrole nitrogens is 1. The van der Waals surface area contributed by atoms with Crippen LogP contribution in [0, 0.1) is 0 Å². The molecule has 0 saturated heterocycles. The van der Waals surface area contributed by atoms with Crippen LogP contribution in [-0.2, 0) is 11.2 Å². The van der Waals surface area contributed by atoms with Gasteiger partial charge in [0.15, 0.2) is 11.3 Å². The van der Waals surface area contributed by atoms with E-state index < -0.39 is 5.76 Å². The van der Waals surface area contributed by atoms with Crippen molar-refractivity contribution >= 4 is 22.7 Å². The molecule has 7 nitrogen and oxygen atoms in total. The third-order valence-corrected chi connectivity index (χ3v) is 3.66. The first-order valence-electron chi connectivity index (χ1n) is 7.61. The molecule has 0 aliphatic rings. The molecule has 0 aliphatic heterocycles. The number of aromatic nitrogens is 2. The minimum atomic E-state index is -0.533. The zero-order valence-electron chi connectivity index (χ0n) is 13.0. The average Bonchev–Trinajstić information content (AvgIpc) is 3.21. The molecule has 2 N–H and O–H groups in total. The van der Waals surface area contributed by atoms with Gasteiger partial charge in [-0.05, 0) is 12.1 Å². The van der Waals surface area contributed by atoms with E-state index in [1.54, 1.807) is 24.3 Å². The Morgan fingerprint density at radius 3 is 2.80 bits per heavy atom. The Kier molecular flexibility index (Phi) is 3.66. The molecule has 0 spiro atoms. The largest absolute Gasteiger partial charge is 0.417 e. The van der Waals surface area contributed by atoms with Crippen molar-refractivity contribution in [1.82, 2.24) is 10.1 Å². The fourth-order valence-electron chi connectivity index (χ4n) is 2.53. The number of nitrogens with one attached hydrogen (secondary N) is 2. The van der Waals surface area contributed by atoms with Crippen molar-refractivity contribution in [2.24, 2.45) is 0 Å². The summed E-state index contributed by atoms with van der Waals surface area (Å²) in [5.74, 6) is -0.168. The molecule has 0 bridgehead atoms. The van der Waals surface area contributed by atoms with E-state index in [-0.39, 0.29) is 12.3 Å². The van der Waals surface area contributed by atoms with Gasteiger partial charge in [-0.2, -0.15) is 0 Å². The maximum absolute atomic E-state index is 12.2. The van der Waals surface area contributed by atoms with Gasteiger partial charge < -0.3 is 14.3 Å². The van der Waals surface area contributed by atoms with E-state index in [9.17, 15) is 9.59 Å². The van der Waals surface area contributed by atoms with Crippen LogP contribution in [0.2, 0.25) is 0 Å². The van der Waals surface area contributed by atoms with Crippen LogP contribution in [0.15, 0.2) is 68.3 Å². The Balaban J connectivity index is 1.46. The van der Waals surface area contributed by atoms with Crippen molar-refractivity contribution < 1.29 is 13.7 Å².